The van der Waals surface area contributed by atoms with Gasteiger partial charge in [-0.15, -0.1) is 0 Å². The Labute approximate surface area is 117 Å². The second-order valence-corrected chi connectivity index (χ2v) is 6.10. The van der Waals surface area contributed by atoms with Gasteiger partial charge in [0.05, 0.1) is 5.56 Å². The van der Waals surface area contributed by atoms with Gasteiger partial charge in [-0.25, -0.2) is 4.79 Å². The van der Waals surface area contributed by atoms with Gasteiger partial charge in [0.25, 0.3) is 0 Å². The minimum atomic E-state index is -0.979. The van der Waals surface area contributed by atoms with E-state index in [9.17, 15) is 4.79 Å². The number of hydrogen-bond acceptors (Lipinski definition) is 4. The topological polar surface area (TPSA) is 75.3 Å². The van der Waals surface area contributed by atoms with E-state index in [1.54, 1.807) is 12.1 Å². The quantitative estimate of drug-likeness (QED) is 0.739. The number of thioether (sulfide) groups is 1. The van der Waals surface area contributed by atoms with Gasteiger partial charge in [-0.05, 0) is 50.1 Å². The van der Waals surface area contributed by atoms with Crippen LogP contribution in [0.1, 0.15) is 36.0 Å². The molecule has 0 unspecified atom stereocenters. The maximum Gasteiger partial charge on any atom is 0.337 e. The van der Waals surface area contributed by atoms with Gasteiger partial charge >= 0.3 is 5.97 Å². The third-order valence-corrected chi connectivity index (χ3v) is 4.80. The predicted octanol–water partition coefficient (Wildman–Crippen LogP) is 3.05. The molecule has 1 aromatic carbocycles. The fourth-order valence-corrected chi connectivity index (χ4v) is 3.25. The number of nitrogen functional groups attached to an aromatic ring is 1. The summed E-state index contributed by atoms with van der Waals surface area (Å²) in [6, 6.07) is 5.56. The standard InChI is InChI=1S/C14H20N2O2S/c1-19-11-5-2-9(3-6-11)16-10-4-7-13(15)12(8-10)14(17)18/h4,7-9,11,16H,2-3,5-6,15H2,1H3,(H,17,18). The molecule has 0 aliphatic heterocycles. The number of nitrogens with one attached hydrogen (secondary N) is 1. The van der Waals surface area contributed by atoms with Crippen LogP contribution >= 0.6 is 11.8 Å². The Kier molecular flexibility index (Phi) is 4.58. The van der Waals surface area contributed by atoms with Crippen LogP contribution in [0.25, 0.3) is 0 Å². The molecule has 104 valence electrons. The summed E-state index contributed by atoms with van der Waals surface area (Å²) in [5.41, 5.74) is 6.97. The van der Waals surface area contributed by atoms with E-state index in [4.69, 9.17) is 10.8 Å². The van der Waals surface area contributed by atoms with Gasteiger partial charge in [-0.2, -0.15) is 11.8 Å². The Morgan fingerprint density at radius 2 is 2.05 bits per heavy atom. The lowest BCUT2D eigenvalue weighted by atomic mass is 9.94. The number of nitrogens with two attached hydrogens (primary N) is 1. The van der Waals surface area contributed by atoms with E-state index in [2.05, 4.69) is 11.6 Å². The second-order valence-electron chi connectivity index (χ2n) is 4.96. The Balaban J connectivity index is 2.00. The molecule has 0 radical (unpaired) electrons. The first-order valence-electron chi connectivity index (χ1n) is 6.52. The predicted molar refractivity (Wildman–Crippen MR) is 81.0 cm³/mol. The highest BCUT2D eigenvalue weighted by Gasteiger charge is 2.20. The van der Waals surface area contributed by atoms with Gasteiger partial charge in [0, 0.05) is 22.7 Å². The molecule has 5 heteroatoms. The van der Waals surface area contributed by atoms with Crippen molar-refractivity contribution in [3.8, 4) is 0 Å². The normalized spacial score (nSPS) is 23.0. The summed E-state index contributed by atoms with van der Waals surface area (Å²) in [7, 11) is 0. The molecule has 0 heterocycles. The van der Waals surface area contributed by atoms with E-state index in [-0.39, 0.29) is 5.56 Å². The summed E-state index contributed by atoms with van der Waals surface area (Å²) in [6.45, 7) is 0. The zero-order valence-electron chi connectivity index (χ0n) is 11.1. The maximum absolute atomic E-state index is 11.0. The first-order valence-corrected chi connectivity index (χ1v) is 7.81. The summed E-state index contributed by atoms with van der Waals surface area (Å²) < 4.78 is 0. The summed E-state index contributed by atoms with van der Waals surface area (Å²) in [5, 5.41) is 13.2. The Hall–Kier alpha value is -1.36. The monoisotopic (exact) mass is 280 g/mol. The fraction of sp³-hybridized carbons (Fsp3) is 0.500. The molecular formula is C14H20N2O2S. The van der Waals surface area contributed by atoms with Crippen molar-refractivity contribution in [3.63, 3.8) is 0 Å². The largest absolute Gasteiger partial charge is 0.478 e. The Morgan fingerprint density at radius 3 is 2.63 bits per heavy atom. The van der Waals surface area contributed by atoms with E-state index in [1.165, 1.54) is 12.8 Å². The SMILES string of the molecule is CSC1CCC(Nc2ccc(N)c(C(=O)O)c2)CC1. The van der Waals surface area contributed by atoms with Crippen molar-refractivity contribution >= 4 is 29.1 Å². The molecule has 0 spiro atoms. The first kappa shape index (κ1) is 14.1. The zero-order chi connectivity index (χ0) is 13.8. The molecular weight excluding hydrogens is 260 g/mol. The maximum atomic E-state index is 11.0. The van der Waals surface area contributed by atoms with Gasteiger partial charge in [-0.3, -0.25) is 0 Å². The second kappa shape index (κ2) is 6.19. The lowest BCUT2D eigenvalue weighted by Gasteiger charge is -2.28. The number of aromatic carboxylic acids is 1. The number of anilines is 2. The molecule has 1 fully saturated rings. The number of rotatable bonds is 4. The van der Waals surface area contributed by atoms with Crippen LogP contribution in [0, 0.1) is 0 Å². The third-order valence-electron chi connectivity index (χ3n) is 3.66. The van der Waals surface area contributed by atoms with E-state index in [0.717, 1.165) is 23.8 Å². The summed E-state index contributed by atoms with van der Waals surface area (Å²) in [4.78, 5) is 11.0. The highest BCUT2D eigenvalue weighted by atomic mass is 32.2. The molecule has 4 N–H and O–H groups in total. The van der Waals surface area contributed by atoms with Crippen molar-refractivity contribution in [2.24, 2.45) is 0 Å². The molecule has 4 nitrogen and oxygen atoms in total. The Morgan fingerprint density at radius 1 is 1.37 bits per heavy atom. The summed E-state index contributed by atoms with van der Waals surface area (Å²) >= 11 is 1.94. The number of hydrogen-bond donors (Lipinski definition) is 3. The smallest absolute Gasteiger partial charge is 0.337 e. The van der Waals surface area contributed by atoms with Crippen molar-refractivity contribution in [1.29, 1.82) is 0 Å². The molecule has 2 rings (SSSR count). The van der Waals surface area contributed by atoms with Crippen molar-refractivity contribution in [2.75, 3.05) is 17.3 Å². The van der Waals surface area contributed by atoms with Crippen LogP contribution in [0.15, 0.2) is 18.2 Å². The van der Waals surface area contributed by atoms with Gasteiger partial charge in [0.2, 0.25) is 0 Å². The summed E-state index contributed by atoms with van der Waals surface area (Å²) in [6.07, 6.45) is 6.88. The van der Waals surface area contributed by atoms with Crippen molar-refractivity contribution in [3.05, 3.63) is 23.8 Å². The van der Waals surface area contributed by atoms with Crippen molar-refractivity contribution in [2.45, 2.75) is 37.0 Å². The van der Waals surface area contributed by atoms with E-state index in [1.807, 2.05) is 17.8 Å². The molecule has 19 heavy (non-hydrogen) atoms. The molecule has 0 amide bonds. The van der Waals surface area contributed by atoms with Gasteiger partial charge in [0.1, 0.15) is 0 Å². The highest BCUT2D eigenvalue weighted by Crippen LogP contribution is 2.29. The van der Waals surface area contributed by atoms with Gasteiger partial charge in [0.15, 0.2) is 0 Å². The third kappa shape index (κ3) is 3.56. The number of carbonyl (C=O) groups is 1. The summed E-state index contributed by atoms with van der Waals surface area (Å²) in [5.74, 6) is -0.979. The lowest BCUT2D eigenvalue weighted by molar-refractivity contribution is 0.0698. The molecule has 0 saturated heterocycles. The fourth-order valence-electron chi connectivity index (χ4n) is 2.51. The Bertz CT molecular complexity index is 457. The van der Waals surface area contributed by atoms with E-state index >= 15 is 0 Å². The van der Waals surface area contributed by atoms with Crippen LogP contribution in [0.3, 0.4) is 0 Å². The van der Waals surface area contributed by atoms with Gasteiger partial charge in [-0.1, -0.05) is 0 Å². The van der Waals surface area contributed by atoms with Crippen LogP contribution in [0.2, 0.25) is 0 Å². The number of carboxylic acids is 1. The minimum Gasteiger partial charge on any atom is -0.478 e. The number of benzene rings is 1. The van der Waals surface area contributed by atoms with Crippen LogP contribution < -0.4 is 11.1 Å². The first-order chi connectivity index (χ1) is 9.10. The van der Waals surface area contributed by atoms with Crippen LogP contribution in [-0.2, 0) is 0 Å². The van der Waals surface area contributed by atoms with Crippen molar-refractivity contribution < 1.29 is 9.90 Å². The zero-order valence-corrected chi connectivity index (χ0v) is 11.9. The highest BCUT2D eigenvalue weighted by molar-refractivity contribution is 7.99. The lowest BCUT2D eigenvalue weighted by Crippen LogP contribution is -2.27. The molecule has 0 bridgehead atoms. The molecule has 1 aromatic rings. The van der Waals surface area contributed by atoms with Crippen molar-refractivity contribution in [1.82, 2.24) is 0 Å². The van der Waals surface area contributed by atoms with Crippen LogP contribution in [0.4, 0.5) is 11.4 Å². The molecule has 1 saturated carbocycles. The van der Waals surface area contributed by atoms with E-state index in [0.29, 0.717) is 11.7 Å². The average Bonchev–Trinajstić information content (AvgIpc) is 2.41. The molecule has 1 aliphatic rings. The molecule has 1 aliphatic carbocycles. The van der Waals surface area contributed by atoms with Gasteiger partial charge < -0.3 is 16.2 Å². The minimum absolute atomic E-state index is 0.169. The van der Waals surface area contributed by atoms with Crippen LogP contribution in [0.5, 0.6) is 0 Å². The van der Waals surface area contributed by atoms with E-state index < -0.39 is 5.97 Å². The molecule has 0 aromatic heterocycles. The number of carboxylic acid groups (broad SMARTS) is 1. The molecule has 0 atom stereocenters. The average molecular weight is 280 g/mol. The van der Waals surface area contributed by atoms with Crippen LogP contribution in [-0.4, -0.2) is 28.6 Å².